The molecule has 0 aromatic heterocycles. The first kappa shape index (κ1) is 9.83. The van der Waals surface area contributed by atoms with Crippen LogP contribution in [0.1, 0.15) is 53.9 Å². The Morgan fingerprint density at radius 2 is 1.83 bits per heavy atom. The SMILES string of the molecule is CC1=C(C(C)C)CCC(C)(C)C1. The van der Waals surface area contributed by atoms with Crippen LogP contribution in [0.2, 0.25) is 0 Å². The average molecular weight is 166 g/mol. The molecule has 0 aromatic rings. The largest absolute Gasteiger partial charge is 0.0733 e. The van der Waals surface area contributed by atoms with E-state index < -0.39 is 0 Å². The van der Waals surface area contributed by atoms with E-state index in [2.05, 4.69) is 34.6 Å². The van der Waals surface area contributed by atoms with Crippen molar-refractivity contribution in [2.45, 2.75) is 53.9 Å². The second kappa shape index (κ2) is 3.24. The van der Waals surface area contributed by atoms with Gasteiger partial charge in [0.25, 0.3) is 0 Å². The molecule has 70 valence electrons. The van der Waals surface area contributed by atoms with Crippen molar-refractivity contribution in [2.24, 2.45) is 11.3 Å². The maximum Gasteiger partial charge on any atom is -0.0258 e. The Bertz CT molecular complexity index is 194. The Labute approximate surface area is 77.1 Å². The normalized spacial score (nSPS) is 23.5. The smallest absolute Gasteiger partial charge is 0.0258 e. The van der Waals surface area contributed by atoms with Crippen LogP contribution in [-0.4, -0.2) is 0 Å². The van der Waals surface area contributed by atoms with E-state index in [9.17, 15) is 0 Å². The molecule has 0 saturated heterocycles. The highest BCUT2D eigenvalue weighted by Gasteiger charge is 2.25. The standard InChI is InChI=1S/C12H22/c1-9(2)11-6-7-12(4,5)8-10(11)3/h9H,6-8H2,1-5H3. The summed E-state index contributed by atoms with van der Waals surface area (Å²) in [5.74, 6) is 0.765. The highest BCUT2D eigenvalue weighted by Crippen LogP contribution is 2.40. The molecular formula is C12H22. The molecule has 0 aliphatic heterocycles. The predicted octanol–water partition coefficient (Wildman–Crippen LogP) is 4.17. The second-order valence-corrected chi connectivity index (χ2v) is 5.30. The Morgan fingerprint density at radius 3 is 2.25 bits per heavy atom. The minimum absolute atomic E-state index is 0.558. The van der Waals surface area contributed by atoms with Crippen molar-refractivity contribution in [3.05, 3.63) is 11.1 Å². The van der Waals surface area contributed by atoms with Crippen molar-refractivity contribution in [2.75, 3.05) is 0 Å². The van der Waals surface area contributed by atoms with E-state index in [1.165, 1.54) is 19.3 Å². The van der Waals surface area contributed by atoms with Gasteiger partial charge in [-0.1, -0.05) is 38.8 Å². The Hall–Kier alpha value is -0.260. The Balaban J connectivity index is 2.78. The summed E-state index contributed by atoms with van der Waals surface area (Å²) in [6, 6.07) is 0. The average Bonchev–Trinajstić information content (AvgIpc) is 1.83. The molecule has 0 unspecified atom stereocenters. The summed E-state index contributed by atoms with van der Waals surface area (Å²) in [6.45, 7) is 11.7. The van der Waals surface area contributed by atoms with Crippen molar-refractivity contribution >= 4 is 0 Å². The molecule has 0 aromatic carbocycles. The van der Waals surface area contributed by atoms with Crippen LogP contribution in [0, 0.1) is 11.3 Å². The van der Waals surface area contributed by atoms with Gasteiger partial charge < -0.3 is 0 Å². The third kappa shape index (κ3) is 2.12. The van der Waals surface area contributed by atoms with Crippen LogP contribution in [0.25, 0.3) is 0 Å². The topological polar surface area (TPSA) is 0 Å². The lowest BCUT2D eigenvalue weighted by Crippen LogP contribution is -2.19. The molecule has 0 amide bonds. The minimum atomic E-state index is 0.558. The van der Waals surface area contributed by atoms with Gasteiger partial charge in [0.2, 0.25) is 0 Å². The third-order valence-corrected chi connectivity index (χ3v) is 3.06. The van der Waals surface area contributed by atoms with Crippen LogP contribution >= 0.6 is 0 Å². The van der Waals surface area contributed by atoms with E-state index in [-0.39, 0.29) is 0 Å². The van der Waals surface area contributed by atoms with E-state index in [0.717, 1.165) is 5.92 Å². The molecule has 0 fully saturated rings. The molecule has 0 spiro atoms. The molecule has 0 heteroatoms. The fourth-order valence-electron chi connectivity index (χ4n) is 2.39. The van der Waals surface area contributed by atoms with Crippen LogP contribution in [0.4, 0.5) is 0 Å². The van der Waals surface area contributed by atoms with Gasteiger partial charge in [0.15, 0.2) is 0 Å². The van der Waals surface area contributed by atoms with Gasteiger partial charge in [0.05, 0.1) is 0 Å². The highest BCUT2D eigenvalue weighted by atomic mass is 14.3. The van der Waals surface area contributed by atoms with Crippen molar-refractivity contribution in [3.8, 4) is 0 Å². The van der Waals surface area contributed by atoms with Crippen molar-refractivity contribution < 1.29 is 0 Å². The zero-order valence-corrected chi connectivity index (χ0v) is 9.20. The Kier molecular flexibility index (Phi) is 2.65. The maximum atomic E-state index is 2.38. The van der Waals surface area contributed by atoms with Gasteiger partial charge in [-0.2, -0.15) is 0 Å². The van der Waals surface area contributed by atoms with Crippen LogP contribution in [0.3, 0.4) is 0 Å². The predicted molar refractivity (Wildman–Crippen MR) is 55.2 cm³/mol. The molecule has 0 heterocycles. The van der Waals surface area contributed by atoms with Crippen molar-refractivity contribution in [3.63, 3.8) is 0 Å². The molecule has 0 atom stereocenters. The van der Waals surface area contributed by atoms with Crippen molar-refractivity contribution in [1.29, 1.82) is 0 Å². The van der Waals surface area contributed by atoms with E-state index in [1.54, 1.807) is 11.1 Å². The van der Waals surface area contributed by atoms with Crippen LogP contribution in [0.15, 0.2) is 11.1 Å². The van der Waals surface area contributed by atoms with Gasteiger partial charge in [0.1, 0.15) is 0 Å². The summed E-state index contributed by atoms with van der Waals surface area (Å²) in [5, 5.41) is 0. The molecule has 1 aliphatic rings. The molecular weight excluding hydrogens is 144 g/mol. The van der Waals surface area contributed by atoms with E-state index in [0.29, 0.717) is 5.41 Å². The first-order chi connectivity index (χ1) is 5.42. The summed E-state index contributed by atoms with van der Waals surface area (Å²) >= 11 is 0. The third-order valence-electron chi connectivity index (χ3n) is 3.06. The van der Waals surface area contributed by atoms with Crippen molar-refractivity contribution in [1.82, 2.24) is 0 Å². The Morgan fingerprint density at radius 1 is 1.25 bits per heavy atom. The monoisotopic (exact) mass is 166 g/mol. The highest BCUT2D eigenvalue weighted by molar-refractivity contribution is 5.19. The first-order valence-electron chi connectivity index (χ1n) is 5.11. The number of hydrogen-bond acceptors (Lipinski definition) is 0. The van der Waals surface area contributed by atoms with Gasteiger partial charge in [-0.05, 0) is 37.5 Å². The zero-order chi connectivity index (χ0) is 9.35. The van der Waals surface area contributed by atoms with Crippen LogP contribution < -0.4 is 0 Å². The molecule has 0 nitrogen and oxygen atoms in total. The van der Waals surface area contributed by atoms with E-state index in [4.69, 9.17) is 0 Å². The second-order valence-electron chi connectivity index (χ2n) is 5.30. The summed E-state index contributed by atoms with van der Waals surface area (Å²) < 4.78 is 0. The fourth-order valence-corrected chi connectivity index (χ4v) is 2.39. The fraction of sp³-hybridized carbons (Fsp3) is 0.833. The van der Waals surface area contributed by atoms with Gasteiger partial charge >= 0.3 is 0 Å². The van der Waals surface area contributed by atoms with Crippen LogP contribution in [0.5, 0.6) is 0 Å². The number of allylic oxidation sites excluding steroid dienone is 2. The molecule has 0 bridgehead atoms. The molecule has 0 N–H and O–H groups in total. The summed E-state index contributed by atoms with van der Waals surface area (Å²) in [7, 11) is 0. The van der Waals surface area contributed by atoms with Gasteiger partial charge in [-0.3, -0.25) is 0 Å². The summed E-state index contributed by atoms with van der Waals surface area (Å²) in [5.41, 5.74) is 3.93. The van der Waals surface area contributed by atoms with Gasteiger partial charge in [-0.15, -0.1) is 0 Å². The van der Waals surface area contributed by atoms with Gasteiger partial charge in [-0.25, -0.2) is 0 Å². The number of hydrogen-bond donors (Lipinski definition) is 0. The molecule has 0 saturated carbocycles. The first-order valence-corrected chi connectivity index (χ1v) is 5.11. The van der Waals surface area contributed by atoms with Crippen LogP contribution in [-0.2, 0) is 0 Å². The lowest BCUT2D eigenvalue weighted by molar-refractivity contribution is 0.306. The number of rotatable bonds is 1. The minimum Gasteiger partial charge on any atom is -0.0733 e. The van der Waals surface area contributed by atoms with E-state index in [1.807, 2.05) is 0 Å². The molecule has 0 radical (unpaired) electrons. The molecule has 1 rings (SSSR count). The maximum absolute atomic E-state index is 2.38. The summed E-state index contributed by atoms with van der Waals surface area (Å²) in [4.78, 5) is 0. The summed E-state index contributed by atoms with van der Waals surface area (Å²) in [6.07, 6.45) is 4.01. The lowest BCUT2D eigenvalue weighted by Gasteiger charge is -2.33. The lowest BCUT2D eigenvalue weighted by atomic mass is 9.72. The zero-order valence-electron chi connectivity index (χ0n) is 9.20. The van der Waals surface area contributed by atoms with Gasteiger partial charge in [0, 0.05) is 0 Å². The molecule has 12 heavy (non-hydrogen) atoms. The quantitative estimate of drug-likeness (QED) is 0.513. The molecule has 1 aliphatic carbocycles. The van der Waals surface area contributed by atoms with E-state index >= 15 is 0 Å².